The SMILES string of the molecule is CNC(c1csnn1)c1ccccc1OCCOC. The predicted molar refractivity (Wildman–Crippen MR) is 74.6 cm³/mol. The lowest BCUT2D eigenvalue weighted by Crippen LogP contribution is -2.19. The van der Waals surface area contributed by atoms with Crippen molar-refractivity contribution in [3.8, 4) is 5.75 Å². The Hall–Kier alpha value is -1.50. The fourth-order valence-corrected chi connectivity index (χ4v) is 2.33. The van der Waals surface area contributed by atoms with Crippen LogP contribution in [0, 0.1) is 0 Å². The molecular weight excluding hydrogens is 262 g/mol. The molecular formula is C13H17N3O2S. The van der Waals surface area contributed by atoms with E-state index < -0.39 is 0 Å². The molecule has 1 unspecified atom stereocenters. The van der Waals surface area contributed by atoms with Gasteiger partial charge < -0.3 is 14.8 Å². The molecule has 0 aliphatic rings. The van der Waals surface area contributed by atoms with E-state index in [0.29, 0.717) is 13.2 Å². The van der Waals surface area contributed by atoms with E-state index in [-0.39, 0.29) is 6.04 Å². The summed E-state index contributed by atoms with van der Waals surface area (Å²) in [5, 5.41) is 9.31. The van der Waals surface area contributed by atoms with E-state index in [4.69, 9.17) is 9.47 Å². The van der Waals surface area contributed by atoms with Crippen molar-refractivity contribution in [1.82, 2.24) is 14.9 Å². The molecule has 0 radical (unpaired) electrons. The van der Waals surface area contributed by atoms with Gasteiger partial charge in [-0.25, -0.2) is 0 Å². The van der Waals surface area contributed by atoms with Gasteiger partial charge in [0.1, 0.15) is 12.4 Å². The number of nitrogens with zero attached hydrogens (tertiary/aromatic N) is 2. The molecule has 0 amide bonds. The van der Waals surface area contributed by atoms with Crippen molar-refractivity contribution in [2.45, 2.75) is 6.04 Å². The normalized spacial score (nSPS) is 12.3. The highest BCUT2D eigenvalue weighted by Gasteiger charge is 2.18. The van der Waals surface area contributed by atoms with Crippen LogP contribution in [0.1, 0.15) is 17.3 Å². The Morgan fingerprint density at radius 2 is 2.16 bits per heavy atom. The lowest BCUT2D eigenvalue weighted by Gasteiger charge is -2.18. The van der Waals surface area contributed by atoms with Gasteiger partial charge in [-0.05, 0) is 24.6 Å². The fraction of sp³-hybridized carbons (Fsp3) is 0.385. The maximum Gasteiger partial charge on any atom is 0.124 e. The number of hydrogen-bond acceptors (Lipinski definition) is 6. The molecule has 1 aromatic carbocycles. The minimum Gasteiger partial charge on any atom is -0.491 e. The Bertz CT molecular complexity index is 490. The standard InChI is InChI=1S/C13H17N3O2S/c1-14-13(11-9-19-16-15-11)10-5-3-4-6-12(10)18-8-7-17-2/h3-6,9,13-14H,7-8H2,1-2H3. The summed E-state index contributed by atoms with van der Waals surface area (Å²) >= 11 is 1.34. The highest BCUT2D eigenvalue weighted by Crippen LogP contribution is 2.29. The van der Waals surface area contributed by atoms with Crippen molar-refractivity contribution < 1.29 is 9.47 Å². The van der Waals surface area contributed by atoms with Gasteiger partial charge in [0.15, 0.2) is 0 Å². The molecule has 1 atom stereocenters. The van der Waals surface area contributed by atoms with Crippen LogP contribution in [0.15, 0.2) is 29.6 Å². The highest BCUT2D eigenvalue weighted by atomic mass is 32.1. The smallest absolute Gasteiger partial charge is 0.124 e. The molecule has 1 heterocycles. The van der Waals surface area contributed by atoms with Gasteiger partial charge in [0, 0.05) is 18.1 Å². The first-order chi connectivity index (χ1) is 9.36. The molecule has 5 nitrogen and oxygen atoms in total. The van der Waals surface area contributed by atoms with Gasteiger partial charge in [-0.15, -0.1) is 5.10 Å². The number of methoxy groups -OCH3 is 1. The van der Waals surface area contributed by atoms with Gasteiger partial charge in [-0.3, -0.25) is 0 Å². The van der Waals surface area contributed by atoms with Crippen LogP contribution >= 0.6 is 11.5 Å². The number of hydrogen-bond donors (Lipinski definition) is 1. The van der Waals surface area contributed by atoms with E-state index in [1.54, 1.807) is 7.11 Å². The van der Waals surface area contributed by atoms with Gasteiger partial charge >= 0.3 is 0 Å². The van der Waals surface area contributed by atoms with E-state index in [0.717, 1.165) is 17.0 Å². The molecule has 0 spiro atoms. The van der Waals surface area contributed by atoms with Crippen molar-refractivity contribution in [2.24, 2.45) is 0 Å². The summed E-state index contributed by atoms with van der Waals surface area (Å²) in [5.74, 6) is 0.840. The molecule has 0 fully saturated rings. The first kappa shape index (κ1) is 13.9. The van der Waals surface area contributed by atoms with Gasteiger partial charge in [0.25, 0.3) is 0 Å². The third-order valence-corrected chi connectivity index (χ3v) is 3.26. The number of aromatic nitrogens is 2. The van der Waals surface area contributed by atoms with Crippen LogP contribution in [0.4, 0.5) is 0 Å². The average molecular weight is 279 g/mol. The first-order valence-electron chi connectivity index (χ1n) is 6.01. The Kier molecular flexibility index (Phi) is 5.26. The summed E-state index contributed by atoms with van der Waals surface area (Å²) in [6, 6.07) is 7.91. The van der Waals surface area contributed by atoms with Gasteiger partial charge in [0.2, 0.25) is 0 Å². The molecule has 2 aromatic rings. The monoisotopic (exact) mass is 279 g/mol. The first-order valence-corrected chi connectivity index (χ1v) is 6.85. The summed E-state index contributed by atoms with van der Waals surface area (Å²) < 4.78 is 14.7. The zero-order chi connectivity index (χ0) is 13.5. The number of nitrogens with one attached hydrogen (secondary N) is 1. The number of rotatable bonds is 7. The maximum absolute atomic E-state index is 5.75. The molecule has 0 aliphatic heterocycles. The number of benzene rings is 1. The molecule has 102 valence electrons. The molecule has 0 saturated heterocycles. The van der Waals surface area contributed by atoms with Crippen molar-refractivity contribution in [3.63, 3.8) is 0 Å². The summed E-state index contributed by atoms with van der Waals surface area (Å²) in [5.41, 5.74) is 1.95. The van der Waals surface area contributed by atoms with E-state index >= 15 is 0 Å². The fourth-order valence-electron chi connectivity index (χ4n) is 1.85. The molecule has 1 aromatic heterocycles. The van der Waals surface area contributed by atoms with Crippen LogP contribution in [-0.4, -0.2) is 37.0 Å². The van der Waals surface area contributed by atoms with Crippen LogP contribution in [0.5, 0.6) is 5.75 Å². The van der Waals surface area contributed by atoms with Gasteiger partial charge in [-0.1, -0.05) is 22.7 Å². The Morgan fingerprint density at radius 1 is 1.32 bits per heavy atom. The van der Waals surface area contributed by atoms with E-state index in [2.05, 4.69) is 14.9 Å². The third-order valence-electron chi connectivity index (χ3n) is 2.74. The lowest BCUT2D eigenvalue weighted by atomic mass is 10.0. The quantitative estimate of drug-likeness (QED) is 0.784. The average Bonchev–Trinajstić information content (AvgIpc) is 2.96. The zero-order valence-electron chi connectivity index (χ0n) is 11.0. The van der Waals surface area contributed by atoms with Gasteiger partial charge in [0.05, 0.1) is 18.3 Å². The molecule has 0 saturated carbocycles. The summed E-state index contributed by atoms with van der Waals surface area (Å²) in [6.45, 7) is 1.09. The second-order valence-corrected chi connectivity index (χ2v) is 4.54. The van der Waals surface area contributed by atoms with Crippen LogP contribution < -0.4 is 10.1 Å². The Labute approximate surface area is 116 Å². The summed E-state index contributed by atoms with van der Waals surface area (Å²) in [6.07, 6.45) is 0. The molecule has 0 aliphatic carbocycles. The molecule has 0 bridgehead atoms. The van der Waals surface area contributed by atoms with Crippen molar-refractivity contribution in [1.29, 1.82) is 0 Å². The maximum atomic E-state index is 5.75. The minimum absolute atomic E-state index is 0.0162. The van der Waals surface area contributed by atoms with Crippen molar-refractivity contribution in [2.75, 3.05) is 27.4 Å². The molecule has 19 heavy (non-hydrogen) atoms. The van der Waals surface area contributed by atoms with Crippen molar-refractivity contribution in [3.05, 3.63) is 40.9 Å². The molecule has 6 heteroatoms. The third kappa shape index (κ3) is 3.50. The minimum atomic E-state index is -0.0162. The Balaban J connectivity index is 2.22. The van der Waals surface area contributed by atoms with Crippen LogP contribution in [-0.2, 0) is 4.74 Å². The van der Waals surface area contributed by atoms with E-state index in [1.807, 2.05) is 36.7 Å². The van der Waals surface area contributed by atoms with Crippen LogP contribution in [0.3, 0.4) is 0 Å². The Morgan fingerprint density at radius 3 is 2.84 bits per heavy atom. The highest BCUT2D eigenvalue weighted by molar-refractivity contribution is 7.03. The van der Waals surface area contributed by atoms with Crippen molar-refractivity contribution >= 4 is 11.5 Å². The second kappa shape index (κ2) is 7.18. The predicted octanol–water partition coefficient (Wildman–Crippen LogP) is 1.87. The second-order valence-electron chi connectivity index (χ2n) is 3.93. The van der Waals surface area contributed by atoms with Crippen LogP contribution in [0.2, 0.25) is 0 Å². The molecule has 1 N–H and O–H groups in total. The zero-order valence-corrected chi connectivity index (χ0v) is 11.8. The summed E-state index contributed by atoms with van der Waals surface area (Å²) in [7, 11) is 3.56. The number of para-hydroxylation sites is 1. The van der Waals surface area contributed by atoms with E-state index in [9.17, 15) is 0 Å². The topological polar surface area (TPSA) is 56.3 Å². The number of ether oxygens (including phenoxy) is 2. The largest absolute Gasteiger partial charge is 0.491 e. The van der Waals surface area contributed by atoms with Crippen LogP contribution in [0.25, 0.3) is 0 Å². The lowest BCUT2D eigenvalue weighted by molar-refractivity contribution is 0.145. The van der Waals surface area contributed by atoms with Gasteiger partial charge in [-0.2, -0.15) is 0 Å². The molecule has 2 rings (SSSR count). The van der Waals surface area contributed by atoms with E-state index in [1.165, 1.54) is 11.5 Å². The summed E-state index contributed by atoms with van der Waals surface area (Å²) in [4.78, 5) is 0.